The molecule has 8 nitrogen and oxygen atoms in total. The van der Waals surface area contributed by atoms with Gasteiger partial charge in [0.25, 0.3) is 0 Å². The summed E-state index contributed by atoms with van der Waals surface area (Å²) in [5, 5.41) is 3.37. The second-order valence-corrected chi connectivity index (χ2v) is 14.8. The number of aryl methyl sites for hydroxylation is 2. The Morgan fingerprint density at radius 2 is 1.72 bits per heavy atom. The SMILES string of the molecule is COc1cccc(CCc2ccccc2OC[C@H](CN(C)C)OC(=O)CCC(=O)NC2CC[C@@]34CCCC[C@@H]3[C@@H]2Cc2ccc(OC)cc24)c1. The molecule has 6 rings (SSSR count). The zero-order valence-electron chi connectivity index (χ0n) is 30.2. The normalized spacial score (nSPS) is 22.9. The van der Waals surface area contributed by atoms with Crippen LogP contribution < -0.4 is 19.5 Å². The average Bonchev–Trinajstić information content (AvgIpc) is 3.13. The van der Waals surface area contributed by atoms with Crippen molar-refractivity contribution in [1.29, 1.82) is 0 Å². The maximum Gasteiger partial charge on any atom is 0.306 e. The molecule has 0 spiro atoms. The van der Waals surface area contributed by atoms with Crippen molar-refractivity contribution in [3.8, 4) is 17.2 Å². The molecule has 0 heterocycles. The van der Waals surface area contributed by atoms with Gasteiger partial charge < -0.3 is 29.2 Å². The molecule has 3 aromatic carbocycles. The zero-order chi connectivity index (χ0) is 35.1. The number of nitrogens with one attached hydrogen (secondary N) is 1. The first-order valence-corrected chi connectivity index (χ1v) is 18.4. The van der Waals surface area contributed by atoms with Gasteiger partial charge in [0.15, 0.2) is 0 Å². The van der Waals surface area contributed by atoms with Crippen LogP contribution in [-0.2, 0) is 39.0 Å². The Hall–Kier alpha value is -4.04. The number of fused-ring (bicyclic) bond motifs is 1. The van der Waals surface area contributed by atoms with Gasteiger partial charge in [-0.3, -0.25) is 9.59 Å². The first-order chi connectivity index (χ1) is 24.3. The van der Waals surface area contributed by atoms with Gasteiger partial charge in [-0.25, -0.2) is 0 Å². The number of ether oxygens (including phenoxy) is 4. The highest BCUT2D eigenvalue weighted by Gasteiger charge is 2.54. The van der Waals surface area contributed by atoms with E-state index in [0.29, 0.717) is 18.4 Å². The molecule has 2 saturated carbocycles. The summed E-state index contributed by atoms with van der Waals surface area (Å²) >= 11 is 0. The second-order valence-electron chi connectivity index (χ2n) is 14.8. The second kappa shape index (κ2) is 16.3. The lowest BCUT2D eigenvalue weighted by atomic mass is 9.48. The third kappa shape index (κ3) is 8.28. The van der Waals surface area contributed by atoms with Gasteiger partial charge >= 0.3 is 5.97 Å². The third-order valence-corrected chi connectivity index (χ3v) is 11.3. The molecule has 2 fully saturated rings. The van der Waals surface area contributed by atoms with Gasteiger partial charge in [0.05, 0.1) is 20.6 Å². The summed E-state index contributed by atoms with van der Waals surface area (Å²) in [6.07, 6.45) is 9.32. The molecule has 2 bridgehead atoms. The van der Waals surface area contributed by atoms with Gasteiger partial charge in [0.2, 0.25) is 5.91 Å². The molecule has 1 amide bonds. The smallest absolute Gasteiger partial charge is 0.306 e. The number of benzene rings is 3. The first kappa shape index (κ1) is 35.8. The standard InChI is InChI=1S/C42H54N2O6/c1-44(2)27-34(28-49-39-14-6-5-11-30(39)16-15-29-10-9-12-32(24-29)47-3)50-41(46)20-19-40(45)43-38-21-23-42-22-8-7-13-36(42)35(38)25-31-17-18-33(48-4)26-37(31)42/h5-6,9-12,14,17-18,24,26,34-36,38H,7-8,13,15-16,19-23,25,27-28H2,1-4H3,(H,43,45)/t34-,35-,36+,38?,42-/m0/s1. The maximum absolute atomic E-state index is 13.3. The Bertz CT molecular complexity index is 1620. The lowest BCUT2D eigenvalue weighted by Gasteiger charge is -2.58. The lowest BCUT2D eigenvalue weighted by molar-refractivity contribution is -0.152. The topological polar surface area (TPSA) is 86.3 Å². The van der Waals surface area contributed by atoms with E-state index in [1.54, 1.807) is 14.2 Å². The Morgan fingerprint density at radius 1 is 0.900 bits per heavy atom. The predicted molar refractivity (Wildman–Crippen MR) is 195 cm³/mol. The molecular formula is C42H54N2O6. The summed E-state index contributed by atoms with van der Waals surface area (Å²) in [5.41, 5.74) is 5.37. The minimum absolute atomic E-state index is 0.0419. The highest BCUT2D eigenvalue weighted by atomic mass is 16.6. The minimum atomic E-state index is -0.467. The number of likely N-dealkylation sites (N-methyl/N-ethyl adjacent to an activating group) is 1. The Kier molecular flexibility index (Phi) is 11.7. The molecule has 0 aliphatic heterocycles. The highest BCUT2D eigenvalue weighted by Crippen LogP contribution is 2.59. The summed E-state index contributed by atoms with van der Waals surface area (Å²) in [4.78, 5) is 28.4. The van der Waals surface area contributed by atoms with E-state index < -0.39 is 6.10 Å². The van der Waals surface area contributed by atoms with Crippen molar-refractivity contribution in [3.63, 3.8) is 0 Å². The molecule has 268 valence electrons. The van der Waals surface area contributed by atoms with Crippen LogP contribution >= 0.6 is 0 Å². The lowest BCUT2D eigenvalue weighted by Crippen LogP contribution is -2.58. The average molecular weight is 683 g/mol. The van der Waals surface area contributed by atoms with Crippen LogP contribution in [0.4, 0.5) is 0 Å². The summed E-state index contributed by atoms with van der Waals surface area (Å²) in [5.74, 6) is 3.11. The quantitative estimate of drug-likeness (QED) is 0.179. The Morgan fingerprint density at radius 3 is 2.54 bits per heavy atom. The monoisotopic (exact) mass is 682 g/mol. The number of methoxy groups -OCH3 is 2. The minimum Gasteiger partial charge on any atom is -0.497 e. The summed E-state index contributed by atoms with van der Waals surface area (Å²) in [6, 6.07) is 22.8. The molecule has 0 radical (unpaired) electrons. The summed E-state index contributed by atoms with van der Waals surface area (Å²) in [7, 11) is 7.31. The number of amides is 1. The van der Waals surface area contributed by atoms with Gasteiger partial charge in [0.1, 0.15) is 30.0 Å². The van der Waals surface area contributed by atoms with Gasteiger partial charge in [0, 0.05) is 19.0 Å². The first-order valence-electron chi connectivity index (χ1n) is 18.4. The molecule has 3 aliphatic rings. The molecule has 1 N–H and O–H groups in total. The van der Waals surface area contributed by atoms with Crippen molar-refractivity contribution in [1.82, 2.24) is 10.2 Å². The van der Waals surface area contributed by atoms with Crippen LogP contribution in [0.1, 0.15) is 73.6 Å². The largest absolute Gasteiger partial charge is 0.497 e. The summed E-state index contributed by atoms with van der Waals surface area (Å²) in [6.45, 7) is 0.747. The van der Waals surface area contributed by atoms with Gasteiger partial charge in [-0.15, -0.1) is 0 Å². The van der Waals surface area contributed by atoms with Crippen LogP contribution in [0, 0.1) is 11.8 Å². The molecule has 8 heteroatoms. The number of nitrogens with zero attached hydrogens (tertiary/aromatic N) is 1. The third-order valence-electron chi connectivity index (χ3n) is 11.3. The zero-order valence-corrected chi connectivity index (χ0v) is 30.2. The van der Waals surface area contributed by atoms with E-state index in [-0.39, 0.29) is 42.8 Å². The fraction of sp³-hybridized carbons (Fsp3) is 0.524. The molecule has 1 unspecified atom stereocenters. The van der Waals surface area contributed by atoms with Crippen LogP contribution in [0.3, 0.4) is 0 Å². The molecule has 0 aromatic heterocycles. The Balaban J connectivity index is 1.01. The number of carbonyl (C=O) groups is 2. The van der Waals surface area contributed by atoms with Crippen molar-refractivity contribution in [2.24, 2.45) is 11.8 Å². The number of para-hydroxylation sites is 1. The number of hydrogen-bond donors (Lipinski definition) is 1. The van der Waals surface area contributed by atoms with E-state index in [4.69, 9.17) is 18.9 Å². The molecule has 50 heavy (non-hydrogen) atoms. The molecule has 0 saturated heterocycles. The number of rotatable bonds is 15. The van der Waals surface area contributed by atoms with Gasteiger partial charge in [-0.05, 0) is 129 Å². The van der Waals surface area contributed by atoms with E-state index in [2.05, 4.69) is 41.7 Å². The maximum atomic E-state index is 13.3. The van der Waals surface area contributed by atoms with Crippen LogP contribution in [0.5, 0.6) is 17.2 Å². The van der Waals surface area contributed by atoms with Crippen LogP contribution in [0.15, 0.2) is 66.7 Å². The Labute approximate surface area is 297 Å². The van der Waals surface area contributed by atoms with Crippen molar-refractivity contribution in [3.05, 3.63) is 89.0 Å². The molecule has 3 aromatic rings. The number of carbonyl (C=O) groups excluding carboxylic acids is 2. The summed E-state index contributed by atoms with van der Waals surface area (Å²) < 4.78 is 23.2. The number of esters is 1. The van der Waals surface area contributed by atoms with E-state index in [1.807, 2.05) is 49.3 Å². The van der Waals surface area contributed by atoms with Gasteiger partial charge in [-0.1, -0.05) is 49.2 Å². The van der Waals surface area contributed by atoms with E-state index >= 15 is 0 Å². The fourth-order valence-electron chi connectivity index (χ4n) is 9.03. The van der Waals surface area contributed by atoms with E-state index in [9.17, 15) is 9.59 Å². The molecule has 3 aliphatic carbocycles. The number of hydrogen-bond acceptors (Lipinski definition) is 7. The van der Waals surface area contributed by atoms with E-state index in [1.165, 1.54) is 42.4 Å². The van der Waals surface area contributed by atoms with Crippen molar-refractivity contribution in [2.75, 3.05) is 41.5 Å². The molecule has 5 atom stereocenters. The highest BCUT2D eigenvalue weighted by molar-refractivity contribution is 5.81. The fourth-order valence-corrected chi connectivity index (χ4v) is 9.03. The van der Waals surface area contributed by atoms with Crippen molar-refractivity contribution >= 4 is 11.9 Å². The van der Waals surface area contributed by atoms with Crippen LogP contribution in [0.25, 0.3) is 0 Å². The predicted octanol–water partition coefficient (Wildman–Crippen LogP) is 6.70. The van der Waals surface area contributed by atoms with Crippen molar-refractivity contribution in [2.45, 2.75) is 88.2 Å². The molecular weight excluding hydrogens is 628 g/mol. The van der Waals surface area contributed by atoms with Gasteiger partial charge in [-0.2, -0.15) is 0 Å². The van der Waals surface area contributed by atoms with Crippen molar-refractivity contribution < 1.29 is 28.5 Å². The van der Waals surface area contributed by atoms with Crippen LogP contribution in [-0.4, -0.2) is 70.4 Å². The van der Waals surface area contributed by atoms with E-state index in [0.717, 1.165) is 54.9 Å². The van der Waals surface area contributed by atoms with Crippen LogP contribution in [0.2, 0.25) is 0 Å².